The number of aryl methyl sites for hydroxylation is 1. The minimum atomic E-state index is -2.98. The van der Waals surface area contributed by atoms with E-state index in [1.54, 1.807) is 4.68 Å². The molecule has 0 bridgehead atoms. The van der Waals surface area contributed by atoms with Crippen LogP contribution in [0.25, 0.3) is 0 Å². The minimum Gasteiger partial charge on any atom is -0.311 e. The number of anilines is 1. The van der Waals surface area contributed by atoms with Crippen LogP contribution in [0.1, 0.15) is 69.5 Å². The maximum absolute atomic E-state index is 12.3. The summed E-state index contributed by atoms with van der Waals surface area (Å²) < 4.78 is 25.1. The monoisotopic (exact) mass is 367 g/mol. The van der Waals surface area contributed by atoms with Crippen molar-refractivity contribution in [1.82, 2.24) is 9.78 Å². The molecule has 1 aromatic rings. The van der Waals surface area contributed by atoms with Gasteiger partial charge in [-0.15, -0.1) is 0 Å². The summed E-state index contributed by atoms with van der Waals surface area (Å²) in [5.41, 5.74) is 0.793. The molecular formula is C18H29N3O3S. The predicted molar refractivity (Wildman–Crippen MR) is 98.3 cm³/mol. The lowest BCUT2D eigenvalue weighted by Gasteiger charge is -2.21. The van der Waals surface area contributed by atoms with Crippen LogP contribution < -0.4 is 5.32 Å². The second kappa shape index (κ2) is 7.89. The maximum Gasteiger partial charge on any atom is 0.225 e. The van der Waals surface area contributed by atoms with Gasteiger partial charge in [-0.2, -0.15) is 5.10 Å². The van der Waals surface area contributed by atoms with Crippen molar-refractivity contribution < 1.29 is 13.2 Å². The van der Waals surface area contributed by atoms with Crippen LogP contribution in [0.5, 0.6) is 0 Å². The van der Waals surface area contributed by atoms with E-state index >= 15 is 0 Å². The van der Waals surface area contributed by atoms with Crippen molar-refractivity contribution in [3.8, 4) is 0 Å². The molecule has 0 unspecified atom stereocenters. The fourth-order valence-electron chi connectivity index (χ4n) is 4.09. The molecule has 0 spiro atoms. The van der Waals surface area contributed by atoms with Gasteiger partial charge in [0, 0.05) is 12.5 Å². The number of amides is 1. The Balaban J connectivity index is 1.52. The average molecular weight is 368 g/mol. The second-order valence-electron chi connectivity index (χ2n) is 7.62. The molecule has 3 rings (SSSR count). The number of hydrogen-bond acceptors (Lipinski definition) is 4. The van der Waals surface area contributed by atoms with Gasteiger partial charge in [0.05, 0.1) is 23.2 Å². The van der Waals surface area contributed by atoms with Crippen molar-refractivity contribution in [2.24, 2.45) is 5.92 Å². The Labute approximate surface area is 150 Å². The van der Waals surface area contributed by atoms with Crippen molar-refractivity contribution in [3.63, 3.8) is 0 Å². The van der Waals surface area contributed by atoms with E-state index in [0.29, 0.717) is 18.7 Å². The number of carbonyl (C=O) groups is 1. The van der Waals surface area contributed by atoms with Gasteiger partial charge < -0.3 is 5.32 Å². The quantitative estimate of drug-likeness (QED) is 0.837. The third kappa shape index (κ3) is 5.06. The molecule has 25 heavy (non-hydrogen) atoms. The first-order chi connectivity index (χ1) is 11.9. The van der Waals surface area contributed by atoms with Gasteiger partial charge in [0.2, 0.25) is 5.91 Å². The second-order valence-corrected chi connectivity index (χ2v) is 9.85. The van der Waals surface area contributed by atoms with Crippen LogP contribution in [-0.2, 0) is 14.6 Å². The Kier molecular flexibility index (Phi) is 5.81. The van der Waals surface area contributed by atoms with Crippen LogP contribution in [0.2, 0.25) is 0 Å². The van der Waals surface area contributed by atoms with E-state index in [1.165, 1.54) is 32.1 Å². The molecule has 2 heterocycles. The van der Waals surface area contributed by atoms with E-state index in [0.717, 1.165) is 24.5 Å². The Morgan fingerprint density at radius 2 is 2.04 bits per heavy atom. The molecule has 1 atom stereocenters. The van der Waals surface area contributed by atoms with Crippen LogP contribution in [0.3, 0.4) is 0 Å². The first-order valence-corrected chi connectivity index (χ1v) is 11.3. The van der Waals surface area contributed by atoms with Crippen molar-refractivity contribution in [2.45, 2.75) is 70.8 Å². The number of rotatable bonds is 6. The van der Waals surface area contributed by atoms with Crippen LogP contribution in [0, 0.1) is 12.8 Å². The summed E-state index contributed by atoms with van der Waals surface area (Å²) in [6, 6.07) is 1.65. The van der Waals surface area contributed by atoms with Gasteiger partial charge in [-0.3, -0.25) is 4.79 Å². The molecule has 1 saturated heterocycles. The van der Waals surface area contributed by atoms with E-state index in [1.807, 2.05) is 13.0 Å². The predicted octanol–water partition coefficient (Wildman–Crippen LogP) is 3.24. The standard InChI is InChI=1S/C18H29N3O3S/c1-14-12-17(21(20-14)16-10-11-25(23,24)13-16)19-18(22)9-5-8-15-6-3-2-4-7-15/h12,15-16H,2-11,13H2,1H3,(H,19,22)/t16-/m1/s1. The molecule has 1 aliphatic heterocycles. The summed E-state index contributed by atoms with van der Waals surface area (Å²) in [5.74, 6) is 1.72. The highest BCUT2D eigenvalue weighted by Crippen LogP contribution is 2.29. The smallest absolute Gasteiger partial charge is 0.225 e. The number of hydrogen-bond donors (Lipinski definition) is 1. The highest BCUT2D eigenvalue weighted by molar-refractivity contribution is 7.91. The molecule has 0 radical (unpaired) electrons. The molecular weight excluding hydrogens is 338 g/mol. The molecule has 0 aromatic carbocycles. The first kappa shape index (κ1) is 18.4. The first-order valence-electron chi connectivity index (χ1n) is 9.49. The van der Waals surface area contributed by atoms with Crippen LogP contribution >= 0.6 is 0 Å². The topological polar surface area (TPSA) is 81.1 Å². The number of carbonyl (C=O) groups excluding carboxylic acids is 1. The molecule has 140 valence electrons. The summed E-state index contributed by atoms with van der Waals surface area (Å²) in [6.45, 7) is 1.86. The molecule has 1 saturated carbocycles. The highest BCUT2D eigenvalue weighted by Gasteiger charge is 2.31. The van der Waals surface area contributed by atoms with Crippen LogP contribution in [0.15, 0.2) is 6.07 Å². The largest absolute Gasteiger partial charge is 0.311 e. The zero-order valence-electron chi connectivity index (χ0n) is 15.0. The lowest BCUT2D eigenvalue weighted by atomic mass is 9.86. The van der Waals surface area contributed by atoms with E-state index in [2.05, 4.69) is 10.4 Å². The van der Waals surface area contributed by atoms with E-state index in [-0.39, 0.29) is 23.5 Å². The van der Waals surface area contributed by atoms with E-state index < -0.39 is 9.84 Å². The molecule has 1 N–H and O–H groups in total. The summed E-state index contributed by atoms with van der Waals surface area (Å²) in [7, 11) is -2.98. The van der Waals surface area contributed by atoms with Crippen LogP contribution in [-0.4, -0.2) is 35.6 Å². The summed E-state index contributed by atoms with van der Waals surface area (Å²) in [6.07, 6.45) is 9.77. The van der Waals surface area contributed by atoms with Crippen LogP contribution in [0.4, 0.5) is 5.82 Å². The van der Waals surface area contributed by atoms with Gasteiger partial charge in [-0.1, -0.05) is 32.1 Å². The van der Waals surface area contributed by atoms with Gasteiger partial charge >= 0.3 is 0 Å². The summed E-state index contributed by atoms with van der Waals surface area (Å²) in [5, 5.41) is 7.34. The number of nitrogens with one attached hydrogen (secondary N) is 1. The maximum atomic E-state index is 12.3. The fraction of sp³-hybridized carbons (Fsp3) is 0.778. The number of nitrogens with zero attached hydrogens (tertiary/aromatic N) is 2. The number of sulfone groups is 1. The zero-order chi connectivity index (χ0) is 17.9. The molecule has 7 heteroatoms. The molecule has 1 aromatic heterocycles. The SMILES string of the molecule is Cc1cc(NC(=O)CCCC2CCCCC2)n([C@@H]2CCS(=O)(=O)C2)n1. The average Bonchev–Trinajstić information content (AvgIpc) is 3.10. The van der Waals surface area contributed by atoms with E-state index in [4.69, 9.17) is 0 Å². The molecule has 2 aliphatic rings. The normalized spacial score (nSPS) is 23.6. The number of aromatic nitrogens is 2. The van der Waals surface area contributed by atoms with Gasteiger partial charge in [0.25, 0.3) is 0 Å². The fourth-order valence-corrected chi connectivity index (χ4v) is 5.78. The van der Waals surface area contributed by atoms with Crippen molar-refractivity contribution in [3.05, 3.63) is 11.8 Å². The van der Waals surface area contributed by atoms with Gasteiger partial charge in [-0.05, 0) is 32.1 Å². The molecule has 1 aliphatic carbocycles. The molecule has 6 nitrogen and oxygen atoms in total. The third-order valence-electron chi connectivity index (χ3n) is 5.42. The summed E-state index contributed by atoms with van der Waals surface area (Å²) >= 11 is 0. The molecule has 1 amide bonds. The van der Waals surface area contributed by atoms with Gasteiger partial charge in [-0.25, -0.2) is 13.1 Å². The minimum absolute atomic E-state index is 0.00202. The van der Waals surface area contributed by atoms with Crippen molar-refractivity contribution in [2.75, 3.05) is 16.8 Å². The van der Waals surface area contributed by atoms with E-state index in [9.17, 15) is 13.2 Å². The summed E-state index contributed by atoms with van der Waals surface area (Å²) in [4.78, 5) is 12.3. The Hall–Kier alpha value is -1.37. The van der Waals surface area contributed by atoms with Gasteiger partial charge in [0.15, 0.2) is 9.84 Å². The highest BCUT2D eigenvalue weighted by atomic mass is 32.2. The Morgan fingerprint density at radius 1 is 1.28 bits per heavy atom. The Bertz CT molecular complexity index is 705. The lowest BCUT2D eigenvalue weighted by Crippen LogP contribution is -2.19. The van der Waals surface area contributed by atoms with Crippen molar-refractivity contribution in [1.29, 1.82) is 0 Å². The third-order valence-corrected chi connectivity index (χ3v) is 7.17. The van der Waals surface area contributed by atoms with Crippen molar-refractivity contribution >= 4 is 21.6 Å². The Morgan fingerprint density at radius 3 is 2.72 bits per heavy atom. The lowest BCUT2D eigenvalue weighted by molar-refractivity contribution is -0.116. The zero-order valence-corrected chi connectivity index (χ0v) is 15.9. The molecule has 2 fully saturated rings. The van der Waals surface area contributed by atoms with Gasteiger partial charge in [0.1, 0.15) is 5.82 Å².